The van der Waals surface area contributed by atoms with Crippen LogP contribution in [0.3, 0.4) is 0 Å². The van der Waals surface area contributed by atoms with Crippen molar-refractivity contribution in [3.05, 3.63) is 70.8 Å². The summed E-state index contributed by atoms with van der Waals surface area (Å²) in [6, 6.07) is 16.3. The lowest BCUT2D eigenvalue weighted by molar-refractivity contribution is 0.0951. The average molecular weight is 344 g/mol. The number of aryl methyl sites for hydroxylation is 1. The maximum atomic E-state index is 12.3. The third-order valence-electron chi connectivity index (χ3n) is 3.85. The lowest BCUT2D eigenvalue weighted by atomic mass is 10.1. The predicted molar refractivity (Wildman–Crippen MR) is 101 cm³/mol. The van der Waals surface area contributed by atoms with Gasteiger partial charge in [0.25, 0.3) is 5.91 Å². The summed E-state index contributed by atoms with van der Waals surface area (Å²) in [5, 5.41) is 2.98. The molecule has 0 saturated carbocycles. The Bertz CT molecular complexity index is 646. The number of hydrogen-bond acceptors (Lipinski definition) is 3. The van der Waals surface area contributed by atoms with Gasteiger partial charge >= 0.3 is 0 Å². The van der Waals surface area contributed by atoms with Crippen molar-refractivity contribution < 1.29 is 4.79 Å². The third-order valence-corrected chi connectivity index (χ3v) is 6.86. The SMILES string of the molecule is Cc1ccc(CNC(=O)c2ccc(C3SCCCS3)cc2)cc1. The summed E-state index contributed by atoms with van der Waals surface area (Å²) in [6.07, 6.45) is 1.30. The molecule has 0 spiro atoms. The van der Waals surface area contributed by atoms with Crippen LogP contribution in [0, 0.1) is 6.92 Å². The number of carbonyl (C=O) groups excluding carboxylic acids is 1. The molecule has 2 aromatic rings. The van der Waals surface area contributed by atoms with Crippen molar-refractivity contribution in [1.82, 2.24) is 5.32 Å². The maximum Gasteiger partial charge on any atom is 0.251 e. The molecule has 0 bridgehead atoms. The summed E-state index contributed by atoms with van der Waals surface area (Å²) < 4.78 is 0.522. The summed E-state index contributed by atoms with van der Waals surface area (Å²) in [7, 11) is 0. The van der Waals surface area contributed by atoms with E-state index in [-0.39, 0.29) is 5.91 Å². The third kappa shape index (κ3) is 4.55. The zero-order chi connectivity index (χ0) is 16.1. The van der Waals surface area contributed by atoms with E-state index in [1.807, 2.05) is 35.7 Å². The average Bonchev–Trinajstić information content (AvgIpc) is 2.62. The number of hydrogen-bond donors (Lipinski definition) is 1. The van der Waals surface area contributed by atoms with Gasteiger partial charge in [0.15, 0.2) is 0 Å². The Hall–Kier alpha value is -1.39. The second-order valence-corrected chi connectivity index (χ2v) is 8.44. The summed E-state index contributed by atoms with van der Waals surface area (Å²) in [5.74, 6) is 2.45. The number of amides is 1. The normalized spacial score (nSPS) is 15.3. The van der Waals surface area contributed by atoms with Gasteiger partial charge in [-0.05, 0) is 48.1 Å². The van der Waals surface area contributed by atoms with Crippen LogP contribution in [0.1, 0.15) is 38.1 Å². The number of nitrogens with one attached hydrogen (secondary N) is 1. The molecular formula is C19H21NOS2. The Kier molecular flexibility index (Phi) is 5.68. The van der Waals surface area contributed by atoms with Crippen molar-refractivity contribution in [2.75, 3.05) is 11.5 Å². The minimum Gasteiger partial charge on any atom is -0.348 e. The van der Waals surface area contributed by atoms with Gasteiger partial charge in [0, 0.05) is 12.1 Å². The molecule has 0 aliphatic carbocycles. The highest BCUT2D eigenvalue weighted by Crippen LogP contribution is 2.43. The molecule has 3 rings (SSSR count). The van der Waals surface area contributed by atoms with Crippen LogP contribution in [-0.4, -0.2) is 17.4 Å². The van der Waals surface area contributed by atoms with E-state index in [1.165, 1.54) is 29.1 Å². The lowest BCUT2D eigenvalue weighted by Gasteiger charge is -2.21. The zero-order valence-corrected chi connectivity index (χ0v) is 14.9. The van der Waals surface area contributed by atoms with Crippen molar-refractivity contribution in [3.63, 3.8) is 0 Å². The van der Waals surface area contributed by atoms with E-state index in [4.69, 9.17) is 0 Å². The number of benzene rings is 2. The highest BCUT2D eigenvalue weighted by atomic mass is 32.2. The highest BCUT2D eigenvalue weighted by Gasteiger charge is 2.16. The van der Waals surface area contributed by atoms with Crippen LogP contribution in [0.15, 0.2) is 48.5 Å². The quantitative estimate of drug-likeness (QED) is 0.865. The van der Waals surface area contributed by atoms with Crippen molar-refractivity contribution >= 4 is 29.4 Å². The topological polar surface area (TPSA) is 29.1 Å². The summed E-state index contributed by atoms with van der Waals surface area (Å²) in [5.41, 5.74) is 4.39. The van der Waals surface area contributed by atoms with E-state index in [0.29, 0.717) is 11.1 Å². The fraction of sp³-hybridized carbons (Fsp3) is 0.316. The summed E-state index contributed by atoms with van der Waals surface area (Å²) in [4.78, 5) is 12.3. The van der Waals surface area contributed by atoms with Crippen LogP contribution >= 0.6 is 23.5 Å². The molecule has 0 unspecified atom stereocenters. The van der Waals surface area contributed by atoms with Crippen molar-refractivity contribution in [2.45, 2.75) is 24.5 Å². The fourth-order valence-corrected chi connectivity index (χ4v) is 5.36. The van der Waals surface area contributed by atoms with Crippen LogP contribution in [0.25, 0.3) is 0 Å². The Morgan fingerprint density at radius 3 is 2.35 bits per heavy atom. The van der Waals surface area contributed by atoms with Crippen LogP contribution < -0.4 is 5.32 Å². The molecule has 1 amide bonds. The number of carbonyl (C=O) groups is 1. The standard InChI is InChI=1S/C19H21NOS2/c1-14-3-5-15(6-4-14)13-20-18(21)16-7-9-17(10-8-16)19-22-11-2-12-23-19/h3-10,19H,2,11-13H2,1H3,(H,20,21). The Morgan fingerprint density at radius 2 is 1.70 bits per heavy atom. The molecule has 4 heteroatoms. The molecule has 23 heavy (non-hydrogen) atoms. The molecular weight excluding hydrogens is 322 g/mol. The Labute approximate surface area is 146 Å². The Morgan fingerprint density at radius 1 is 1.04 bits per heavy atom. The largest absolute Gasteiger partial charge is 0.348 e. The molecule has 0 radical (unpaired) electrons. The molecule has 120 valence electrons. The lowest BCUT2D eigenvalue weighted by Crippen LogP contribution is -2.22. The van der Waals surface area contributed by atoms with E-state index in [0.717, 1.165) is 11.1 Å². The van der Waals surface area contributed by atoms with Gasteiger partial charge in [-0.15, -0.1) is 23.5 Å². The first-order chi connectivity index (χ1) is 11.2. The Balaban J connectivity index is 1.57. The van der Waals surface area contributed by atoms with E-state index in [1.54, 1.807) is 0 Å². The van der Waals surface area contributed by atoms with Gasteiger partial charge in [-0.1, -0.05) is 42.0 Å². The first-order valence-corrected chi connectivity index (χ1v) is 9.99. The maximum absolute atomic E-state index is 12.3. The molecule has 1 N–H and O–H groups in total. The van der Waals surface area contributed by atoms with Gasteiger partial charge in [0.1, 0.15) is 0 Å². The van der Waals surface area contributed by atoms with Gasteiger partial charge < -0.3 is 5.32 Å². The van der Waals surface area contributed by atoms with E-state index in [2.05, 4.69) is 48.6 Å². The van der Waals surface area contributed by atoms with Gasteiger partial charge in [-0.25, -0.2) is 0 Å². The summed E-state index contributed by atoms with van der Waals surface area (Å²) >= 11 is 4.00. The van der Waals surface area contributed by atoms with Crippen molar-refractivity contribution in [2.24, 2.45) is 0 Å². The molecule has 0 aromatic heterocycles. The predicted octanol–water partition coefficient (Wildman–Crippen LogP) is 4.79. The van der Waals surface area contributed by atoms with Crippen molar-refractivity contribution in [3.8, 4) is 0 Å². The zero-order valence-electron chi connectivity index (χ0n) is 13.2. The second-order valence-electron chi connectivity index (χ2n) is 5.72. The minimum absolute atomic E-state index is 0.0129. The van der Waals surface area contributed by atoms with Crippen molar-refractivity contribution in [1.29, 1.82) is 0 Å². The van der Waals surface area contributed by atoms with Gasteiger partial charge in [-0.2, -0.15) is 0 Å². The molecule has 2 nitrogen and oxygen atoms in total. The van der Waals surface area contributed by atoms with Crippen LogP contribution in [0.5, 0.6) is 0 Å². The van der Waals surface area contributed by atoms with E-state index in [9.17, 15) is 4.79 Å². The van der Waals surface area contributed by atoms with Crippen LogP contribution in [-0.2, 0) is 6.54 Å². The molecule has 1 aliphatic rings. The second kappa shape index (κ2) is 7.93. The monoisotopic (exact) mass is 343 g/mol. The number of thioether (sulfide) groups is 2. The fourth-order valence-electron chi connectivity index (χ4n) is 2.46. The van der Waals surface area contributed by atoms with Gasteiger partial charge in [-0.3, -0.25) is 4.79 Å². The molecule has 1 aliphatic heterocycles. The van der Waals surface area contributed by atoms with Crippen LogP contribution in [0.4, 0.5) is 0 Å². The van der Waals surface area contributed by atoms with Gasteiger partial charge in [0.2, 0.25) is 0 Å². The van der Waals surface area contributed by atoms with E-state index >= 15 is 0 Å². The molecule has 2 aromatic carbocycles. The molecule has 1 saturated heterocycles. The molecule has 1 heterocycles. The molecule has 1 fully saturated rings. The first-order valence-electron chi connectivity index (χ1n) is 7.89. The summed E-state index contributed by atoms with van der Waals surface area (Å²) in [6.45, 7) is 2.63. The highest BCUT2D eigenvalue weighted by molar-refractivity contribution is 8.16. The molecule has 0 atom stereocenters. The van der Waals surface area contributed by atoms with E-state index < -0.39 is 0 Å². The number of rotatable bonds is 4. The minimum atomic E-state index is -0.0129. The van der Waals surface area contributed by atoms with Crippen LogP contribution in [0.2, 0.25) is 0 Å². The smallest absolute Gasteiger partial charge is 0.251 e. The van der Waals surface area contributed by atoms with Gasteiger partial charge in [0.05, 0.1) is 4.58 Å². The first kappa shape index (κ1) is 16.5.